The molecular formula is C23H24N2O2. The minimum atomic E-state index is 0.0508. The van der Waals surface area contributed by atoms with Gasteiger partial charge in [0.1, 0.15) is 0 Å². The van der Waals surface area contributed by atoms with Crippen molar-refractivity contribution in [3.63, 3.8) is 0 Å². The average molecular weight is 360 g/mol. The van der Waals surface area contributed by atoms with Gasteiger partial charge in [0.05, 0.1) is 0 Å². The van der Waals surface area contributed by atoms with E-state index in [1.807, 2.05) is 52.3 Å². The SMILES string of the molecule is O=C(c1ccc(N2CCCCC2=O)cc1)N1CC=C(c2ccccc2)CC1. The average Bonchev–Trinajstić information content (AvgIpc) is 2.74. The summed E-state index contributed by atoms with van der Waals surface area (Å²) in [5, 5.41) is 0. The highest BCUT2D eigenvalue weighted by Crippen LogP contribution is 2.24. The van der Waals surface area contributed by atoms with Gasteiger partial charge < -0.3 is 9.80 Å². The van der Waals surface area contributed by atoms with E-state index in [1.54, 1.807) is 0 Å². The van der Waals surface area contributed by atoms with Gasteiger partial charge >= 0.3 is 0 Å². The van der Waals surface area contributed by atoms with Crippen LogP contribution in [0.2, 0.25) is 0 Å². The van der Waals surface area contributed by atoms with Gasteiger partial charge in [0, 0.05) is 37.3 Å². The lowest BCUT2D eigenvalue weighted by Crippen LogP contribution is -2.36. The first-order valence-corrected chi connectivity index (χ1v) is 9.66. The van der Waals surface area contributed by atoms with E-state index >= 15 is 0 Å². The smallest absolute Gasteiger partial charge is 0.254 e. The third kappa shape index (κ3) is 3.80. The number of anilines is 1. The van der Waals surface area contributed by atoms with Gasteiger partial charge in [-0.2, -0.15) is 0 Å². The number of amides is 2. The van der Waals surface area contributed by atoms with Crippen molar-refractivity contribution in [2.45, 2.75) is 25.7 Å². The summed E-state index contributed by atoms with van der Waals surface area (Å²) in [5.74, 6) is 0.227. The van der Waals surface area contributed by atoms with Crippen molar-refractivity contribution >= 4 is 23.1 Å². The van der Waals surface area contributed by atoms with E-state index in [0.717, 1.165) is 38.0 Å². The van der Waals surface area contributed by atoms with Crippen LogP contribution in [0.15, 0.2) is 60.7 Å². The van der Waals surface area contributed by atoms with E-state index in [2.05, 4.69) is 18.2 Å². The van der Waals surface area contributed by atoms with Crippen molar-refractivity contribution in [2.24, 2.45) is 0 Å². The first-order chi connectivity index (χ1) is 13.2. The van der Waals surface area contributed by atoms with Crippen LogP contribution in [0.3, 0.4) is 0 Å². The number of hydrogen-bond donors (Lipinski definition) is 0. The van der Waals surface area contributed by atoms with Crippen LogP contribution in [0.5, 0.6) is 0 Å². The fourth-order valence-electron chi connectivity index (χ4n) is 3.81. The molecule has 0 radical (unpaired) electrons. The zero-order valence-electron chi connectivity index (χ0n) is 15.4. The monoisotopic (exact) mass is 360 g/mol. The number of rotatable bonds is 3. The molecule has 0 atom stereocenters. The Kier molecular flexibility index (Phi) is 5.05. The fourth-order valence-corrected chi connectivity index (χ4v) is 3.81. The largest absolute Gasteiger partial charge is 0.335 e. The Morgan fingerprint density at radius 3 is 2.30 bits per heavy atom. The number of hydrogen-bond acceptors (Lipinski definition) is 2. The van der Waals surface area contributed by atoms with Gasteiger partial charge in [-0.15, -0.1) is 0 Å². The zero-order valence-corrected chi connectivity index (χ0v) is 15.4. The van der Waals surface area contributed by atoms with Crippen LogP contribution < -0.4 is 4.90 Å². The molecule has 2 aliphatic heterocycles. The van der Waals surface area contributed by atoms with Crippen LogP contribution in [0, 0.1) is 0 Å². The lowest BCUT2D eigenvalue weighted by molar-refractivity contribution is -0.119. The Balaban J connectivity index is 1.43. The van der Waals surface area contributed by atoms with Crippen molar-refractivity contribution in [3.05, 3.63) is 71.8 Å². The standard InChI is InChI=1S/C23H24N2O2/c26-22-8-4-5-15-25(22)21-11-9-20(10-12-21)23(27)24-16-13-19(14-17-24)18-6-2-1-3-7-18/h1-3,6-7,9-13H,4-5,8,14-17H2. The lowest BCUT2D eigenvalue weighted by Gasteiger charge is -2.28. The summed E-state index contributed by atoms with van der Waals surface area (Å²) in [4.78, 5) is 28.6. The quantitative estimate of drug-likeness (QED) is 0.826. The number of nitrogens with zero attached hydrogens (tertiary/aromatic N) is 2. The summed E-state index contributed by atoms with van der Waals surface area (Å²) in [5.41, 5.74) is 4.11. The third-order valence-corrected chi connectivity index (χ3v) is 5.39. The molecule has 0 spiro atoms. The molecule has 27 heavy (non-hydrogen) atoms. The number of benzene rings is 2. The van der Waals surface area contributed by atoms with Crippen LogP contribution in [-0.2, 0) is 4.79 Å². The number of carbonyl (C=O) groups is 2. The first kappa shape index (κ1) is 17.5. The molecule has 1 fully saturated rings. The van der Waals surface area contributed by atoms with Crippen LogP contribution in [0.4, 0.5) is 5.69 Å². The summed E-state index contributed by atoms with van der Waals surface area (Å²) >= 11 is 0. The topological polar surface area (TPSA) is 40.6 Å². The molecule has 0 bridgehead atoms. The second kappa shape index (κ2) is 7.78. The Morgan fingerprint density at radius 1 is 0.852 bits per heavy atom. The molecule has 2 aromatic carbocycles. The maximum atomic E-state index is 12.8. The van der Waals surface area contributed by atoms with Gasteiger partial charge in [-0.05, 0) is 54.7 Å². The van der Waals surface area contributed by atoms with Gasteiger partial charge in [-0.3, -0.25) is 9.59 Å². The highest BCUT2D eigenvalue weighted by Gasteiger charge is 2.22. The first-order valence-electron chi connectivity index (χ1n) is 9.66. The van der Waals surface area contributed by atoms with Crippen molar-refractivity contribution in [2.75, 3.05) is 24.5 Å². The highest BCUT2D eigenvalue weighted by molar-refractivity contribution is 5.97. The number of piperidine rings is 1. The third-order valence-electron chi connectivity index (χ3n) is 5.39. The van der Waals surface area contributed by atoms with Crippen LogP contribution in [-0.4, -0.2) is 36.3 Å². The summed E-state index contributed by atoms with van der Waals surface area (Å²) in [6.07, 6.45) is 5.65. The molecule has 0 saturated carbocycles. The van der Waals surface area contributed by atoms with E-state index in [9.17, 15) is 9.59 Å². The van der Waals surface area contributed by atoms with Crippen LogP contribution in [0.25, 0.3) is 5.57 Å². The van der Waals surface area contributed by atoms with Crippen LogP contribution >= 0.6 is 0 Å². The molecular weight excluding hydrogens is 336 g/mol. The maximum absolute atomic E-state index is 12.8. The molecule has 138 valence electrons. The summed E-state index contributed by atoms with van der Waals surface area (Å²) in [6.45, 7) is 2.13. The molecule has 2 amide bonds. The molecule has 4 heteroatoms. The second-order valence-corrected chi connectivity index (χ2v) is 7.15. The van der Waals surface area contributed by atoms with E-state index < -0.39 is 0 Å². The molecule has 2 heterocycles. The summed E-state index contributed by atoms with van der Waals surface area (Å²) < 4.78 is 0. The molecule has 0 N–H and O–H groups in total. The molecule has 0 unspecified atom stereocenters. The zero-order chi connectivity index (χ0) is 18.6. The predicted molar refractivity (Wildman–Crippen MR) is 108 cm³/mol. The lowest BCUT2D eigenvalue weighted by atomic mass is 9.99. The molecule has 4 rings (SSSR count). The van der Waals surface area contributed by atoms with E-state index in [1.165, 1.54) is 11.1 Å². The Hall–Kier alpha value is -2.88. The van der Waals surface area contributed by atoms with Gasteiger partial charge in [0.25, 0.3) is 5.91 Å². The minimum absolute atomic E-state index is 0.0508. The highest BCUT2D eigenvalue weighted by atomic mass is 16.2. The van der Waals surface area contributed by atoms with Crippen molar-refractivity contribution < 1.29 is 9.59 Å². The molecule has 4 nitrogen and oxygen atoms in total. The molecule has 0 aliphatic carbocycles. The molecule has 0 aromatic heterocycles. The van der Waals surface area contributed by atoms with Gasteiger partial charge in [-0.1, -0.05) is 36.4 Å². The Labute approximate surface area is 160 Å². The van der Waals surface area contributed by atoms with E-state index in [0.29, 0.717) is 18.5 Å². The normalized spacial score (nSPS) is 17.6. The summed E-state index contributed by atoms with van der Waals surface area (Å²) in [7, 11) is 0. The van der Waals surface area contributed by atoms with Crippen molar-refractivity contribution in [3.8, 4) is 0 Å². The predicted octanol–water partition coefficient (Wildman–Crippen LogP) is 4.13. The fraction of sp³-hybridized carbons (Fsp3) is 0.304. The second-order valence-electron chi connectivity index (χ2n) is 7.15. The van der Waals surface area contributed by atoms with Crippen LogP contribution in [0.1, 0.15) is 41.6 Å². The van der Waals surface area contributed by atoms with Crippen molar-refractivity contribution in [1.29, 1.82) is 0 Å². The van der Waals surface area contributed by atoms with Crippen molar-refractivity contribution in [1.82, 2.24) is 4.90 Å². The van der Waals surface area contributed by atoms with E-state index in [-0.39, 0.29) is 11.8 Å². The van der Waals surface area contributed by atoms with E-state index in [4.69, 9.17) is 0 Å². The van der Waals surface area contributed by atoms with Gasteiger partial charge in [0.15, 0.2) is 0 Å². The molecule has 2 aliphatic rings. The maximum Gasteiger partial charge on any atom is 0.254 e. The van der Waals surface area contributed by atoms with Gasteiger partial charge in [0.2, 0.25) is 5.91 Å². The molecule has 2 aromatic rings. The Bertz CT molecular complexity index is 856. The summed E-state index contributed by atoms with van der Waals surface area (Å²) in [6, 6.07) is 17.8. The number of carbonyl (C=O) groups excluding carboxylic acids is 2. The molecule has 1 saturated heterocycles. The van der Waals surface area contributed by atoms with Gasteiger partial charge in [-0.25, -0.2) is 0 Å². The Morgan fingerprint density at radius 2 is 1.63 bits per heavy atom. The minimum Gasteiger partial charge on any atom is -0.335 e.